The number of aromatic nitrogens is 6. The summed E-state index contributed by atoms with van der Waals surface area (Å²) in [5, 5.41) is 9.54. The van der Waals surface area contributed by atoms with Crippen LogP contribution in [0.5, 0.6) is 6.01 Å². The number of hydrogen-bond donors (Lipinski definition) is 1. The highest BCUT2D eigenvalue weighted by Crippen LogP contribution is 2.40. The minimum Gasteiger partial charge on any atom is -0.458 e. The summed E-state index contributed by atoms with van der Waals surface area (Å²) >= 11 is 1.54. The molecule has 0 amide bonds. The van der Waals surface area contributed by atoms with Crippen molar-refractivity contribution in [3.8, 4) is 29.6 Å². The molecule has 0 radical (unpaired) electrons. The van der Waals surface area contributed by atoms with Crippen LogP contribution >= 0.6 is 11.9 Å². The molecule has 1 aliphatic carbocycles. The fraction of sp³-hybridized carbons (Fsp3) is 0.293. The number of terminal acetylenes is 1. The van der Waals surface area contributed by atoms with Gasteiger partial charge in [-0.05, 0) is 48.6 Å². The molecule has 3 aliphatic heterocycles. The fourth-order valence-corrected chi connectivity index (χ4v) is 8.17. The van der Waals surface area contributed by atoms with Crippen molar-refractivity contribution in [2.45, 2.75) is 62.5 Å². The Morgan fingerprint density at radius 2 is 1.83 bits per heavy atom. The van der Waals surface area contributed by atoms with E-state index in [4.69, 9.17) is 16.1 Å². The highest BCUT2D eigenvalue weighted by atomic mass is 32.2. The van der Waals surface area contributed by atoms with Crippen LogP contribution in [0.1, 0.15) is 56.8 Å². The van der Waals surface area contributed by atoms with Crippen LogP contribution in [-0.2, 0) is 0 Å². The van der Waals surface area contributed by atoms with Gasteiger partial charge in [0.2, 0.25) is 0 Å². The Kier molecular flexibility index (Phi) is 8.77. The van der Waals surface area contributed by atoms with Crippen molar-refractivity contribution in [3.05, 3.63) is 102 Å². The summed E-state index contributed by atoms with van der Waals surface area (Å²) in [5.74, 6) is 3.24. The third-order valence-electron chi connectivity index (χ3n) is 10.2. The molecular weight excluding hydrogens is 705 g/mol. The third kappa shape index (κ3) is 6.14. The molecule has 1 saturated carbocycles. The second-order valence-corrected chi connectivity index (χ2v) is 14.7. The maximum atomic E-state index is 16.8. The van der Waals surface area contributed by atoms with Gasteiger partial charge >= 0.3 is 6.01 Å². The first-order valence-electron chi connectivity index (χ1n) is 18.4. The van der Waals surface area contributed by atoms with Crippen LogP contribution in [0.25, 0.3) is 32.9 Å². The van der Waals surface area contributed by atoms with E-state index in [1.54, 1.807) is 30.7 Å². The van der Waals surface area contributed by atoms with Gasteiger partial charge in [0.05, 0.1) is 17.5 Å². The number of anilines is 2. The molecule has 10 nitrogen and oxygen atoms in total. The Morgan fingerprint density at radius 1 is 0.981 bits per heavy atom. The second-order valence-electron chi connectivity index (χ2n) is 13.6. The number of rotatable bonds is 8. The highest BCUT2D eigenvalue weighted by molar-refractivity contribution is 7.97. The van der Waals surface area contributed by atoms with Gasteiger partial charge in [0.25, 0.3) is 0 Å². The third-order valence-corrected chi connectivity index (χ3v) is 11.1. The Balaban J connectivity index is 0.00000189. The van der Waals surface area contributed by atoms with Crippen molar-refractivity contribution >= 4 is 45.1 Å². The van der Waals surface area contributed by atoms with Gasteiger partial charge in [0, 0.05) is 89.5 Å². The normalized spacial score (nSPS) is 18.8. The molecule has 2 unspecified atom stereocenters. The van der Waals surface area contributed by atoms with Crippen LogP contribution in [0, 0.1) is 24.0 Å². The zero-order valence-electron chi connectivity index (χ0n) is 29.8. The molecule has 2 bridgehead atoms. The van der Waals surface area contributed by atoms with E-state index in [1.165, 1.54) is 30.9 Å². The van der Waals surface area contributed by atoms with Gasteiger partial charge < -0.3 is 19.9 Å². The molecule has 3 fully saturated rings. The van der Waals surface area contributed by atoms with E-state index in [9.17, 15) is 4.39 Å². The van der Waals surface area contributed by atoms with E-state index >= 15 is 4.39 Å². The van der Waals surface area contributed by atoms with Gasteiger partial charge in [-0.15, -0.1) is 11.5 Å². The summed E-state index contributed by atoms with van der Waals surface area (Å²) in [6, 6.07) is 17.0. The van der Waals surface area contributed by atoms with Crippen LogP contribution in [0.4, 0.5) is 20.3 Å². The van der Waals surface area contributed by atoms with Crippen molar-refractivity contribution in [1.82, 2.24) is 34.4 Å². The molecule has 54 heavy (non-hydrogen) atoms. The molecule has 2 saturated heterocycles. The van der Waals surface area contributed by atoms with Crippen molar-refractivity contribution < 1.29 is 13.5 Å². The van der Waals surface area contributed by atoms with Crippen molar-refractivity contribution in [2.75, 3.05) is 29.4 Å². The molecular formula is C41H37F2N9OS. The standard InChI is InChI=1S/C39H31F2N9OS.C2H6/c1-2-29-32(40)13-8-22-4-3-5-30(33(22)29)35-34(41)36-31(18-43-35)38(49-19-24-16-26(49)17-42-24)46-39(45-36)51-27-14-15-48(20-27)25-9-11-28(12-10-25)52-50-21-44-37(47-50)23-6-7-23;1-2/h1,3-5,8-13,17-18,21,23-24,27,42H,6-7,14-16,19-20H2;1-2H3. The summed E-state index contributed by atoms with van der Waals surface area (Å²) in [4.78, 5) is 24.0. The maximum Gasteiger partial charge on any atom is 0.319 e. The smallest absolute Gasteiger partial charge is 0.319 e. The molecule has 272 valence electrons. The van der Waals surface area contributed by atoms with E-state index in [2.05, 4.69) is 65.4 Å². The van der Waals surface area contributed by atoms with Crippen LogP contribution in [0.3, 0.4) is 0 Å². The van der Waals surface area contributed by atoms with Crippen LogP contribution in [-0.4, -0.2) is 60.9 Å². The largest absolute Gasteiger partial charge is 0.458 e. The molecule has 1 N–H and O–H groups in total. The molecule has 10 rings (SSSR count). The van der Waals surface area contributed by atoms with E-state index in [1.807, 2.05) is 30.2 Å². The summed E-state index contributed by atoms with van der Waals surface area (Å²) in [6.07, 6.45) is 14.8. The number of nitrogens with one attached hydrogen (secondary N) is 1. The van der Waals surface area contributed by atoms with Gasteiger partial charge in [-0.1, -0.05) is 44.0 Å². The summed E-state index contributed by atoms with van der Waals surface area (Å²) in [6.45, 7) is 6.09. The van der Waals surface area contributed by atoms with E-state index in [0.717, 1.165) is 41.5 Å². The first-order valence-corrected chi connectivity index (χ1v) is 19.1. The Morgan fingerprint density at radius 3 is 2.59 bits per heavy atom. The average Bonchev–Trinajstić information content (AvgIpc) is 3.54. The van der Waals surface area contributed by atoms with Crippen LogP contribution in [0.15, 0.2) is 83.9 Å². The van der Waals surface area contributed by atoms with E-state index in [-0.39, 0.29) is 34.9 Å². The predicted octanol–water partition coefficient (Wildman–Crippen LogP) is 7.84. The first kappa shape index (κ1) is 34.1. The lowest BCUT2D eigenvalue weighted by molar-refractivity contribution is 0.207. The summed E-state index contributed by atoms with van der Waals surface area (Å²) in [5.41, 5.74) is 2.70. The number of pyridine rings is 1. The van der Waals surface area contributed by atoms with E-state index in [0.29, 0.717) is 46.5 Å². The van der Waals surface area contributed by atoms with Gasteiger partial charge in [-0.3, -0.25) is 4.98 Å². The Hall–Kier alpha value is -5.74. The van der Waals surface area contributed by atoms with Gasteiger partial charge in [-0.2, -0.15) is 14.1 Å². The number of nitrogens with zero attached hydrogens (tertiary/aromatic N) is 8. The molecule has 0 spiro atoms. The van der Waals surface area contributed by atoms with Crippen LogP contribution < -0.4 is 19.9 Å². The molecule has 3 aromatic heterocycles. The number of halogens is 2. The van der Waals surface area contributed by atoms with Crippen molar-refractivity contribution in [1.29, 1.82) is 0 Å². The number of hydrogen-bond acceptors (Lipinski definition) is 10. The second kappa shape index (κ2) is 13.9. The lowest BCUT2D eigenvalue weighted by Crippen LogP contribution is -2.33. The zero-order valence-corrected chi connectivity index (χ0v) is 30.7. The average molecular weight is 742 g/mol. The Labute approximate surface area is 315 Å². The van der Waals surface area contributed by atoms with Gasteiger partial charge in [0.1, 0.15) is 35.3 Å². The SMILES string of the molecule is C#Cc1c(F)ccc2cccc(-c3ncc4c(N5CC6CC5=CN6)nc(OC5CCN(c6ccc(Sn7cnc(C8CC8)n7)cc6)C5)nc4c3F)c12.CC. The van der Waals surface area contributed by atoms with Crippen molar-refractivity contribution in [2.24, 2.45) is 0 Å². The quantitative estimate of drug-likeness (QED) is 0.156. The molecule has 4 aliphatic rings. The molecule has 6 heterocycles. The number of fused-ring (bicyclic) bond motifs is 4. The maximum absolute atomic E-state index is 16.8. The molecule has 6 aromatic rings. The van der Waals surface area contributed by atoms with E-state index < -0.39 is 11.6 Å². The van der Waals surface area contributed by atoms with Gasteiger partial charge in [-0.25, -0.2) is 13.8 Å². The zero-order chi connectivity index (χ0) is 36.9. The highest BCUT2D eigenvalue weighted by Gasteiger charge is 2.35. The fourth-order valence-electron chi connectivity index (χ4n) is 7.48. The summed E-state index contributed by atoms with van der Waals surface area (Å²) in [7, 11) is 0. The predicted molar refractivity (Wildman–Crippen MR) is 207 cm³/mol. The molecule has 2 atom stereocenters. The van der Waals surface area contributed by atoms with Gasteiger partial charge in [0.15, 0.2) is 11.6 Å². The lowest BCUT2D eigenvalue weighted by atomic mass is 9.96. The summed E-state index contributed by atoms with van der Waals surface area (Å²) < 4.78 is 40.0. The number of benzene rings is 3. The van der Waals surface area contributed by atoms with Crippen LogP contribution in [0.2, 0.25) is 0 Å². The molecule has 13 heteroatoms. The lowest BCUT2D eigenvalue weighted by Gasteiger charge is -2.25. The minimum absolute atomic E-state index is 0.0282. The number of ether oxygens (including phenoxy) is 1. The minimum atomic E-state index is -0.650. The Bertz CT molecular complexity index is 2480. The monoisotopic (exact) mass is 741 g/mol. The van der Waals surface area contributed by atoms with Crippen molar-refractivity contribution in [3.63, 3.8) is 0 Å². The topological polar surface area (TPSA) is 97.1 Å². The first-order chi connectivity index (χ1) is 26.5. The molecule has 3 aromatic carbocycles.